The van der Waals surface area contributed by atoms with E-state index in [-0.39, 0.29) is 5.82 Å². The van der Waals surface area contributed by atoms with Crippen molar-refractivity contribution in [3.63, 3.8) is 0 Å². The first-order valence-corrected chi connectivity index (χ1v) is 9.67. The van der Waals surface area contributed by atoms with Crippen LogP contribution in [0, 0.1) is 12.7 Å². The summed E-state index contributed by atoms with van der Waals surface area (Å²) in [6.45, 7) is 4.14. The van der Waals surface area contributed by atoms with Gasteiger partial charge in [0.15, 0.2) is 0 Å². The fourth-order valence-corrected chi connectivity index (χ4v) is 3.43. The highest BCUT2D eigenvalue weighted by molar-refractivity contribution is 5.62. The van der Waals surface area contributed by atoms with Gasteiger partial charge in [0.25, 0.3) is 0 Å². The van der Waals surface area contributed by atoms with Gasteiger partial charge < -0.3 is 15.5 Å². The third-order valence-corrected chi connectivity index (χ3v) is 4.84. The molecule has 0 unspecified atom stereocenters. The standard InChI is InChI=1S/C22H24FN5/c1-16-15-21(26-20-8-4-3-7-19(20)23)27-22(24-16)25-17-9-11-18(12-10-17)28-13-5-2-6-14-28/h3-4,7-12,15H,2,5-6,13-14H2,1H3,(H2,24,25,26,27). The maximum absolute atomic E-state index is 13.9. The van der Waals surface area contributed by atoms with E-state index < -0.39 is 0 Å². The summed E-state index contributed by atoms with van der Waals surface area (Å²) in [6.07, 6.45) is 3.84. The number of aromatic nitrogens is 2. The van der Waals surface area contributed by atoms with Crippen LogP contribution in [0.2, 0.25) is 0 Å². The molecule has 144 valence electrons. The normalized spacial score (nSPS) is 14.0. The first-order valence-electron chi connectivity index (χ1n) is 9.67. The smallest absolute Gasteiger partial charge is 0.229 e. The van der Waals surface area contributed by atoms with E-state index in [0.717, 1.165) is 24.5 Å². The third-order valence-electron chi connectivity index (χ3n) is 4.84. The van der Waals surface area contributed by atoms with E-state index in [1.54, 1.807) is 24.3 Å². The first kappa shape index (κ1) is 18.2. The SMILES string of the molecule is Cc1cc(Nc2ccccc2F)nc(Nc2ccc(N3CCCCC3)cc2)n1. The van der Waals surface area contributed by atoms with Gasteiger partial charge in [-0.15, -0.1) is 0 Å². The van der Waals surface area contributed by atoms with Crippen molar-refractivity contribution in [3.05, 3.63) is 66.1 Å². The molecule has 1 saturated heterocycles. The van der Waals surface area contributed by atoms with Gasteiger partial charge in [-0.1, -0.05) is 12.1 Å². The van der Waals surface area contributed by atoms with E-state index >= 15 is 0 Å². The number of hydrogen-bond donors (Lipinski definition) is 2. The van der Waals surface area contributed by atoms with Crippen molar-refractivity contribution in [3.8, 4) is 0 Å². The Balaban J connectivity index is 1.48. The average molecular weight is 377 g/mol. The van der Waals surface area contributed by atoms with Crippen LogP contribution in [-0.2, 0) is 0 Å². The molecule has 4 rings (SSSR count). The van der Waals surface area contributed by atoms with Crippen LogP contribution in [0.15, 0.2) is 54.6 Å². The molecule has 2 aromatic carbocycles. The molecular formula is C22H24FN5. The van der Waals surface area contributed by atoms with Crippen molar-refractivity contribution in [1.29, 1.82) is 0 Å². The zero-order valence-electron chi connectivity index (χ0n) is 16.0. The topological polar surface area (TPSA) is 53.1 Å². The van der Waals surface area contributed by atoms with Crippen LogP contribution in [0.1, 0.15) is 25.0 Å². The molecule has 6 heteroatoms. The number of aryl methyl sites for hydroxylation is 1. The van der Waals surface area contributed by atoms with E-state index in [9.17, 15) is 4.39 Å². The van der Waals surface area contributed by atoms with Crippen LogP contribution in [0.3, 0.4) is 0 Å². The predicted molar refractivity (Wildman–Crippen MR) is 112 cm³/mol. The van der Waals surface area contributed by atoms with E-state index in [1.807, 2.05) is 19.1 Å². The van der Waals surface area contributed by atoms with Crippen molar-refractivity contribution in [2.45, 2.75) is 26.2 Å². The highest BCUT2D eigenvalue weighted by atomic mass is 19.1. The maximum atomic E-state index is 13.9. The van der Waals surface area contributed by atoms with Gasteiger partial charge in [0.1, 0.15) is 11.6 Å². The summed E-state index contributed by atoms with van der Waals surface area (Å²) in [5.41, 5.74) is 3.35. The molecule has 1 aliphatic rings. The summed E-state index contributed by atoms with van der Waals surface area (Å²) in [4.78, 5) is 11.3. The Kier molecular flexibility index (Phi) is 5.37. The molecule has 5 nitrogen and oxygen atoms in total. The highest BCUT2D eigenvalue weighted by Gasteiger charge is 2.11. The second-order valence-electron chi connectivity index (χ2n) is 7.04. The van der Waals surface area contributed by atoms with Crippen molar-refractivity contribution < 1.29 is 4.39 Å². The quantitative estimate of drug-likeness (QED) is 0.623. The molecule has 2 N–H and O–H groups in total. The van der Waals surface area contributed by atoms with Gasteiger partial charge in [-0.25, -0.2) is 9.37 Å². The van der Waals surface area contributed by atoms with E-state index in [0.29, 0.717) is 17.5 Å². The van der Waals surface area contributed by atoms with Crippen LogP contribution < -0.4 is 15.5 Å². The number of rotatable bonds is 5. The summed E-state index contributed by atoms with van der Waals surface area (Å²) >= 11 is 0. The predicted octanol–water partition coefficient (Wildman–Crippen LogP) is 5.40. The number of piperidine rings is 1. The summed E-state index contributed by atoms with van der Waals surface area (Å²) in [5, 5.41) is 6.26. The van der Waals surface area contributed by atoms with Gasteiger partial charge in [0, 0.05) is 36.2 Å². The molecule has 1 fully saturated rings. The van der Waals surface area contributed by atoms with Gasteiger partial charge in [0.05, 0.1) is 5.69 Å². The Hall–Kier alpha value is -3.15. The molecule has 0 bridgehead atoms. The van der Waals surface area contributed by atoms with E-state index in [1.165, 1.54) is 31.0 Å². The van der Waals surface area contributed by atoms with Crippen molar-refractivity contribution >= 4 is 28.8 Å². The Morgan fingerprint density at radius 3 is 2.39 bits per heavy atom. The number of nitrogens with zero attached hydrogens (tertiary/aromatic N) is 3. The molecule has 1 aromatic heterocycles. The lowest BCUT2D eigenvalue weighted by molar-refractivity contribution is 0.578. The largest absolute Gasteiger partial charge is 0.372 e. The molecule has 28 heavy (non-hydrogen) atoms. The lowest BCUT2D eigenvalue weighted by Crippen LogP contribution is -2.29. The molecule has 3 aromatic rings. The average Bonchev–Trinajstić information content (AvgIpc) is 2.71. The molecule has 0 aliphatic carbocycles. The lowest BCUT2D eigenvalue weighted by Gasteiger charge is -2.28. The molecule has 0 saturated carbocycles. The van der Waals surface area contributed by atoms with Crippen molar-refractivity contribution in [2.24, 2.45) is 0 Å². The summed E-state index contributed by atoms with van der Waals surface area (Å²) < 4.78 is 13.9. The van der Waals surface area contributed by atoms with Crippen LogP contribution >= 0.6 is 0 Å². The van der Waals surface area contributed by atoms with Gasteiger partial charge in [-0.2, -0.15) is 4.98 Å². The maximum Gasteiger partial charge on any atom is 0.229 e. The Labute approximate surface area is 164 Å². The fourth-order valence-electron chi connectivity index (χ4n) is 3.43. The number of hydrogen-bond acceptors (Lipinski definition) is 5. The van der Waals surface area contributed by atoms with Crippen LogP contribution in [-0.4, -0.2) is 23.1 Å². The number of anilines is 5. The van der Waals surface area contributed by atoms with Gasteiger partial charge in [-0.3, -0.25) is 0 Å². The third kappa shape index (κ3) is 4.39. The lowest BCUT2D eigenvalue weighted by atomic mass is 10.1. The minimum atomic E-state index is -0.318. The molecule has 0 radical (unpaired) electrons. The summed E-state index contributed by atoms with van der Waals surface area (Å²) in [7, 11) is 0. The molecular weight excluding hydrogens is 353 g/mol. The minimum Gasteiger partial charge on any atom is -0.372 e. The fraction of sp³-hybridized carbons (Fsp3) is 0.273. The second kappa shape index (κ2) is 8.25. The van der Waals surface area contributed by atoms with E-state index in [2.05, 4.69) is 37.6 Å². The van der Waals surface area contributed by atoms with Gasteiger partial charge >= 0.3 is 0 Å². The molecule has 1 aliphatic heterocycles. The van der Waals surface area contributed by atoms with Crippen LogP contribution in [0.25, 0.3) is 0 Å². The zero-order valence-corrected chi connectivity index (χ0v) is 16.0. The summed E-state index contributed by atoms with van der Waals surface area (Å²) in [6, 6.07) is 16.7. The van der Waals surface area contributed by atoms with Crippen LogP contribution in [0.5, 0.6) is 0 Å². The number of para-hydroxylation sites is 1. The number of halogens is 1. The number of nitrogens with one attached hydrogen (secondary N) is 2. The minimum absolute atomic E-state index is 0.318. The van der Waals surface area contributed by atoms with Crippen molar-refractivity contribution in [1.82, 2.24) is 9.97 Å². The van der Waals surface area contributed by atoms with Gasteiger partial charge in [-0.05, 0) is 62.6 Å². The molecule has 0 spiro atoms. The zero-order chi connectivity index (χ0) is 19.3. The first-order chi connectivity index (χ1) is 13.7. The van der Waals surface area contributed by atoms with Crippen molar-refractivity contribution in [2.75, 3.05) is 28.6 Å². The Morgan fingerprint density at radius 1 is 0.893 bits per heavy atom. The summed E-state index contributed by atoms with van der Waals surface area (Å²) in [5.74, 6) is 0.705. The monoisotopic (exact) mass is 377 g/mol. The van der Waals surface area contributed by atoms with Crippen LogP contribution in [0.4, 0.5) is 33.2 Å². The second-order valence-corrected chi connectivity index (χ2v) is 7.04. The highest BCUT2D eigenvalue weighted by Crippen LogP contribution is 2.24. The number of benzene rings is 2. The van der Waals surface area contributed by atoms with E-state index in [4.69, 9.17) is 0 Å². The Morgan fingerprint density at radius 2 is 1.64 bits per heavy atom. The Bertz CT molecular complexity index is 936. The van der Waals surface area contributed by atoms with Gasteiger partial charge in [0.2, 0.25) is 5.95 Å². The molecule has 0 amide bonds. The molecule has 0 atom stereocenters. The molecule has 2 heterocycles.